The van der Waals surface area contributed by atoms with Crippen molar-refractivity contribution in [3.05, 3.63) is 48.0 Å². The summed E-state index contributed by atoms with van der Waals surface area (Å²) in [5.74, 6) is 0.646. The van der Waals surface area contributed by atoms with Gasteiger partial charge in [0, 0.05) is 16.7 Å². The lowest BCUT2D eigenvalue weighted by Crippen LogP contribution is -2.67. The van der Waals surface area contributed by atoms with E-state index in [4.69, 9.17) is 9.15 Å². The molecule has 0 aromatic carbocycles. The molecule has 0 N–H and O–H groups in total. The van der Waals surface area contributed by atoms with E-state index in [0.29, 0.717) is 12.5 Å². The summed E-state index contributed by atoms with van der Waals surface area (Å²) < 4.78 is 11.6. The Labute approximate surface area is 177 Å². The van der Waals surface area contributed by atoms with Crippen molar-refractivity contribution in [3.8, 4) is 0 Å². The van der Waals surface area contributed by atoms with Crippen molar-refractivity contribution in [3.63, 3.8) is 0 Å². The fourth-order valence-corrected chi connectivity index (χ4v) is 8.59. The van der Waals surface area contributed by atoms with Crippen molar-refractivity contribution in [2.45, 2.75) is 59.0 Å². The van der Waals surface area contributed by atoms with E-state index in [0.717, 1.165) is 19.3 Å². The van der Waals surface area contributed by atoms with Gasteiger partial charge in [-0.3, -0.25) is 9.59 Å². The molecular weight excluding hydrogens is 376 g/mol. The van der Waals surface area contributed by atoms with Crippen LogP contribution < -0.4 is 0 Å². The number of Topliss-reactive ketones (excluding diaryl/α,β-unsaturated/α-hetero) is 1. The smallest absolute Gasteiger partial charge is 0.172 e. The molecule has 2 saturated carbocycles. The molecule has 1 aromatic rings. The van der Waals surface area contributed by atoms with Crippen LogP contribution in [-0.2, 0) is 14.3 Å². The number of hydrogen-bond acceptors (Lipinski definition) is 4. The molecule has 0 unspecified atom stereocenters. The van der Waals surface area contributed by atoms with Crippen LogP contribution in [0.15, 0.2) is 46.8 Å². The molecule has 0 amide bonds. The van der Waals surface area contributed by atoms with E-state index in [1.54, 1.807) is 12.3 Å². The second-order valence-electron chi connectivity index (χ2n) is 11.2. The molecule has 0 radical (unpaired) electrons. The number of allylic oxidation sites excluding steroid dienone is 3. The Morgan fingerprint density at radius 3 is 2.67 bits per heavy atom. The average molecular weight is 407 g/mol. The second-order valence-corrected chi connectivity index (χ2v) is 11.2. The third-order valence-corrected chi connectivity index (χ3v) is 9.97. The van der Waals surface area contributed by atoms with E-state index >= 15 is 0 Å². The van der Waals surface area contributed by atoms with Crippen molar-refractivity contribution in [1.29, 1.82) is 0 Å². The Kier molecular flexibility index (Phi) is 3.42. The van der Waals surface area contributed by atoms with Gasteiger partial charge in [-0.1, -0.05) is 38.5 Å². The topological polar surface area (TPSA) is 56.5 Å². The van der Waals surface area contributed by atoms with Gasteiger partial charge in [0.25, 0.3) is 0 Å². The molecule has 1 aromatic heterocycles. The molecule has 4 aliphatic carbocycles. The van der Waals surface area contributed by atoms with E-state index in [9.17, 15) is 9.59 Å². The highest BCUT2D eigenvalue weighted by atomic mass is 16.5. The van der Waals surface area contributed by atoms with Crippen LogP contribution in [0.1, 0.15) is 58.4 Å². The van der Waals surface area contributed by atoms with Crippen molar-refractivity contribution in [2.75, 3.05) is 6.61 Å². The number of ketones is 2. The zero-order chi connectivity index (χ0) is 21.1. The van der Waals surface area contributed by atoms with Gasteiger partial charge < -0.3 is 9.15 Å². The summed E-state index contributed by atoms with van der Waals surface area (Å²) in [7, 11) is 0. The molecule has 0 spiro atoms. The van der Waals surface area contributed by atoms with Crippen molar-refractivity contribution in [1.82, 2.24) is 0 Å². The lowest BCUT2D eigenvalue weighted by molar-refractivity contribution is -0.172. The zero-order valence-corrected chi connectivity index (χ0v) is 18.2. The van der Waals surface area contributed by atoms with Gasteiger partial charge >= 0.3 is 0 Å². The highest BCUT2D eigenvalue weighted by Crippen LogP contribution is 2.72. The van der Waals surface area contributed by atoms with Crippen LogP contribution in [-0.4, -0.2) is 24.3 Å². The summed E-state index contributed by atoms with van der Waals surface area (Å²) in [6.07, 6.45) is 12.0. The van der Waals surface area contributed by atoms with Crippen molar-refractivity contribution < 1.29 is 18.7 Å². The Morgan fingerprint density at radius 2 is 1.93 bits per heavy atom. The van der Waals surface area contributed by atoms with Gasteiger partial charge in [0.1, 0.15) is 6.10 Å². The van der Waals surface area contributed by atoms with Gasteiger partial charge in [-0.15, -0.1) is 0 Å². The molecule has 3 fully saturated rings. The van der Waals surface area contributed by atoms with Gasteiger partial charge in [0.15, 0.2) is 11.6 Å². The first-order chi connectivity index (χ1) is 14.2. The molecule has 1 aliphatic heterocycles. The summed E-state index contributed by atoms with van der Waals surface area (Å²) in [4.78, 5) is 27.6. The molecular formula is C26H30O4. The molecule has 2 heterocycles. The summed E-state index contributed by atoms with van der Waals surface area (Å²) in [5.41, 5.74) is 0.885. The van der Waals surface area contributed by atoms with E-state index < -0.39 is 16.9 Å². The maximum Gasteiger partial charge on any atom is 0.172 e. The molecule has 30 heavy (non-hydrogen) atoms. The van der Waals surface area contributed by atoms with Crippen LogP contribution in [0, 0.1) is 33.5 Å². The predicted molar refractivity (Wildman–Crippen MR) is 112 cm³/mol. The Morgan fingerprint density at radius 1 is 1.13 bits per heavy atom. The average Bonchev–Trinajstić information content (AvgIpc) is 3.41. The zero-order valence-electron chi connectivity index (χ0n) is 18.2. The van der Waals surface area contributed by atoms with Gasteiger partial charge in [0.2, 0.25) is 0 Å². The lowest BCUT2D eigenvalue weighted by atomic mass is 9.38. The van der Waals surface area contributed by atoms with Crippen LogP contribution in [0.3, 0.4) is 0 Å². The number of furan rings is 1. The van der Waals surface area contributed by atoms with Crippen LogP contribution in [0.2, 0.25) is 0 Å². The van der Waals surface area contributed by atoms with Gasteiger partial charge in [-0.05, 0) is 61.1 Å². The first-order valence-electron chi connectivity index (χ1n) is 11.3. The minimum Gasteiger partial charge on any atom is -0.472 e. The normalized spacial score (nSPS) is 51.4. The minimum absolute atomic E-state index is 0.0136. The van der Waals surface area contributed by atoms with Crippen LogP contribution >= 0.6 is 0 Å². The third-order valence-electron chi connectivity index (χ3n) is 9.97. The SMILES string of the molecule is C[C@@]12C(=O)[C@@H]3OC[C@]4(C)C=CC(=O)[C@@](C)([C@@H]34)[C@H]1CC[C@]1(C)C2=CC[C@H]1c1ccoc1. The fourth-order valence-electron chi connectivity index (χ4n) is 8.59. The summed E-state index contributed by atoms with van der Waals surface area (Å²) in [6, 6.07) is 2.06. The highest BCUT2D eigenvalue weighted by molar-refractivity contribution is 6.02. The molecule has 158 valence electrons. The lowest BCUT2D eigenvalue weighted by Gasteiger charge is -2.63. The molecule has 8 atom stereocenters. The van der Waals surface area contributed by atoms with Gasteiger partial charge in [-0.2, -0.15) is 0 Å². The third kappa shape index (κ3) is 1.85. The first kappa shape index (κ1) is 18.8. The van der Waals surface area contributed by atoms with E-state index in [1.807, 2.05) is 12.3 Å². The number of ether oxygens (including phenoxy) is 1. The van der Waals surface area contributed by atoms with Crippen molar-refractivity contribution in [2.24, 2.45) is 33.5 Å². The Bertz CT molecular complexity index is 1020. The summed E-state index contributed by atoms with van der Waals surface area (Å²) in [5, 5.41) is 0. The fraction of sp³-hybridized carbons (Fsp3) is 0.615. The van der Waals surface area contributed by atoms with Crippen molar-refractivity contribution >= 4 is 11.6 Å². The maximum absolute atomic E-state index is 14.1. The second kappa shape index (κ2) is 5.45. The molecule has 6 rings (SSSR count). The van der Waals surface area contributed by atoms with E-state index in [1.165, 1.54) is 11.1 Å². The molecule has 0 bridgehead atoms. The standard InChI is InChI=1S/C26H30O4/c1-23-10-8-19(27)26(4)18-7-11-24(2)16(15-9-12-29-13-15)5-6-17(24)25(18,3)22(28)20(21(23)26)30-14-23/h6,8-10,12-13,16,18,20-21H,5,7,11,14H2,1-4H3/t16-,18-,20+,21-,23-,24-,25-,26-/m0/s1. The number of carbonyl (C=O) groups is 2. The molecule has 5 aliphatic rings. The largest absolute Gasteiger partial charge is 0.472 e. The Hall–Kier alpha value is -1.94. The van der Waals surface area contributed by atoms with Gasteiger partial charge in [-0.25, -0.2) is 0 Å². The maximum atomic E-state index is 14.1. The minimum atomic E-state index is -0.659. The summed E-state index contributed by atoms with van der Waals surface area (Å²) in [6.45, 7) is 9.24. The van der Waals surface area contributed by atoms with Crippen LogP contribution in [0.4, 0.5) is 0 Å². The predicted octanol–water partition coefficient (Wildman–Crippen LogP) is 4.87. The van der Waals surface area contributed by atoms with Gasteiger partial charge in [0.05, 0.1) is 24.5 Å². The van der Waals surface area contributed by atoms with Crippen LogP contribution in [0.25, 0.3) is 0 Å². The summed E-state index contributed by atoms with van der Waals surface area (Å²) >= 11 is 0. The quantitative estimate of drug-likeness (QED) is 0.625. The first-order valence-corrected chi connectivity index (χ1v) is 11.3. The van der Waals surface area contributed by atoms with Crippen LogP contribution in [0.5, 0.6) is 0 Å². The monoisotopic (exact) mass is 406 g/mol. The number of rotatable bonds is 1. The number of fused-ring (bicyclic) bond motifs is 4. The number of carbonyl (C=O) groups excluding carboxylic acids is 2. The van der Waals surface area contributed by atoms with E-state index in [-0.39, 0.29) is 34.2 Å². The molecule has 4 heteroatoms. The molecule has 4 nitrogen and oxygen atoms in total. The Balaban J connectivity index is 1.52. The highest BCUT2D eigenvalue weighted by Gasteiger charge is 2.74. The number of hydrogen-bond donors (Lipinski definition) is 0. The molecule has 1 saturated heterocycles. The van der Waals surface area contributed by atoms with E-state index in [2.05, 4.69) is 39.8 Å².